The average Bonchev–Trinajstić information content (AvgIpc) is 3.46. The highest BCUT2D eigenvalue weighted by Crippen LogP contribution is 2.31. The Bertz CT molecular complexity index is 971. The molecule has 1 heterocycles. The quantitative estimate of drug-likeness (QED) is 0.729. The van der Waals surface area contributed by atoms with Gasteiger partial charge in [0.2, 0.25) is 0 Å². The van der Waals surface area contributed by atoms with Gasteiger partial charge in [0.1, 0.15) is 17.8 Å². The molecule has 1 aliphatic rings. The van der Waals surface area contributed by atoms with Crippen molar-refractivity contribution in [2.24, 2.45) is 5.92 Å². The molecule has 0 unspecified atom stereocenters. The third-order valence-electron chi connectivity index (χ3n) is 4.75. The van der Waals surface area contributed by atoms with E-state index in [9.17, 15) is 13.2 Å². The molecule has 0 atom stereocenters. The van der Waals surface area contributed by atoms with Crippen LogP contribution < -0.4 is 10.2 Å². The van der Waals surface area contributed by atoms with Crippen molar-refractivity contribution in [2.45, 2.75) is 38.0 Å². The Hall–Kier alpha value is -2.48. The molecule has 0 spiro atoms. The van der Waals surface area contributed by atoms with Gasteiger partial charge in [-0.05, 0) is 55.9 Å². The summed E-state index contributed by atoms with van der Waals surface area (Å²) < 4.78 is 23.3. The molecular weight excluding hydrogens is 376 g/mol. The Morgan fingerprint density at radius 1 is 1.25 bits per heavy atom. The van der Waals surface area contributed by atoms with Gasteiger partial charge in [0.25, 0.3) is 5.91 Å². The zero-order valence-corrected chi connectivity index (χ0v) is 17.3. The number of carbonyl (C=O) groups is 1. The van der Waals surface area contributed by atoms with E-state index >= 15 is 0 Å². The maximum absolute atomic E-state index is 12.7. The van der Waals surface area contributed by atoms with Crippen LogP contribution >= 0.6 is 0 Å². The molecule has 1 N–H and O–H groups in total. The van der Waals surface area contributed by atoms with Crippen molar-refractivity contribution < 1.29 is 13.2 Å². The predicted octanol–water partition coefficient (Wildman–Crippen LogP) is 3.07. The van der Waals surface area contributed by atoms with E-state index in [1.54, 1.807) is 25.1 Å². The molecular formula is C20H26N4O3S. The fourth-order valence-electron chi connectivity index (χ4n) is 3.02. The standard InChI is InChI=1S/C20H26N4O3S/c1-4-9-24(12-15-5-6-15)19-11-18(21-13-22-19)20(25)23-17-8-7-16(10-14(17)2)28(3,26)27/h7-8,10-11,13,15H,4-6,9,12H2,1-3H3,(H,23,25). The Balaban J connectivity index is 1.77. The van der Waals surface area contributed by atoms with Crippen molar-refractivity contribution in [1.82, 2.24) is 9.97 Å². The number of nitrogens with one attached hydrogen (secondary N) is 1. The molecule has 1 fully saturated rings. The van der Waals surface area contributed by atoms with Crippen LogP contribution in [0.3, 0.4) is 0 Å². The lowest BCUT2D eigenvalue weighted by molar-refractivity contribution is 0.102. The zero-order chi connectivity index (χ0) is 20.3. The van der Waals surface area contributed by atoms with Crippen LogP contribution in [-0.4, -0.2) is 43.6 Å². The van der Waals surface area contributed by atoms with E-state index in [1.165, 1.54) is 25.2 Å². The van der Waals surface area contributed by atoms with Crippen LogP contribution in [0.5, 0.6) is 0 Å². The van der Waals surface area contributed by atoms with Gasteiger partial charge in [-0.3, -0.25) is 4.79 Å². The maximum atomic E-state index is 12.7. The Kier molecular flexibility index (Phi) is 5.98. The van der Waals surface area contributed by atoms with Gasteiger partial charge in [0.15, 0.2) is 9.84 Å². The molecule has 3 rings (SSSR count). The first kappa shape index (κ1) is 20.3. The fourth-order valence-corrected chi connectivity index (χ4v) is 3.73. The highest BCUT2D eigenvalue weighted by molar-refractivity contribution is 7.90. The van der Waals surface area contributed by atoms with Gasteiger partial charge in [0.05, 0.1) is 4.90 Å². The number of benzene rings is 1. The van der Waals surface area contributed by atoms with E-state index in [0.29, 0.717) is 11.3 Å². The molecule has 1 amide bonds. The molecule has 2 aromatic rings. The minimum absolute atomic E-state index is 0.225. The molecule has 0 bridgehead atoms. The van der Waals surface area contributed by atoms with E-state index in [0.717, 1.165) is 37.5 Å². The Labute approximate surface area is 166 Å². The fraction of sp³-hybridized carbons (Fsp3) is 0.450. The lowest BCUT2D eigenvalue weighted by atomic mass is 10.2. The largest absolute Gasteiger partial charge is 0.356 e. The minimum Gasteiger partial charge on any atom is -0.356 e. The first-order valence-corrected chi connectivity index (χ1v) is 11.4. The second-order valence-corrected chi connectivity index (χ2v) is 9.37. The van der Waals surface area contributed by atoms with Gasteiger partial charge in [-0.25, -0.2) is 18.4 Å². The first-order valence-electron chi connectivity index (χ1n) is 9.47. The van der Waals surface area contributed by atoms with Gasteiger partial charge < -0.3 is 10.2 Å². The third kappa shape index (κ3) is 5.07. The number of hydrogen-bond acceptors (Lipinski definition) is 6. The zero-order valence-electron chi connectivity index (χ0n) is 16.5. The van der Waals surface area contributed by atoms with Crippen molar-refractivity contribution in [2.75, 3.05) is 29.6 Å². The molecule has 0 saturated heterocycles. The number of nitrogens with zero attached hydrogens (tertiary/aromatic N) is 3. The summed E-state index contributed by atoms with van der Waals surface area (Å²) in [5.41, 5.74) is 1.52. The van der Waals surface area contributed by atoms with Crippen LogP contribution in [0.15, 0.2) is 35.5 Å². The van der Waals surface area contributed by atoms with E-state index < -0.39 is 9.84 Å². The number of hydrogen-bond donors (Lipinski definition) is 1. The normalized spacial score (nSPS) is 14.0. The summed E-state index contributed by atoms with van der Waals surface area (Å²) in [6.45, 7) is 5.73. The molecule has 150 valence electrons. The molecule has 0 aliphatic heterocycles. The van der Waals surface area contributed by atoms with Crippen molar-refractivity contribution in [3.63, 3.8) is 0 Å². The Morgan fingerprint density at radius 3 is 2.61 bits per heavy atom. The Morgan fingerprint density at radius 2 is 2.00 bits per heavy atom. The molecule has 1 aromatic carbocycles. The average molecular weight is 403 g/mol. The molecule has 1 aliphatic carbocycles. The molecule has 1 aromatic heterocycles. The topological polar surface area (TPSA) is 92.3 Å². The summed E-state index contributed by atoms with van der Waals surface area (Å²) in [6.07, 6.45) is 6.08. The smallest absolute Gasteiger partial charge is 0.274 e. The number of aryl methyl sites for hydroxylation is 1. The highest BCUT2D eigenvalue weighted by Gasteiger charge is 2.25. The lowest BCUT2D eigenvalue weighted by Crippen LogP contribution is -2.28. The van der Waals surface area contributed by atoms with E-state index in [1.807, 2.05) is 0 Å². The van der Waals surface area contributed by atoms with Crippen LogP contribution in [0.25, 0.3) is 0 Å². The predicted molar refractivity (Wildman–Crippen MR) is 110 cm³/mol. The van der Waals surface area contributed by atoms with Crippen molar-refractivity contribution >= 4 is 27.2 Å². The highest BCUT2D eigenvalue weighted by atomic mass is 32.2. The SMILES string of the molecule is CCCN(CC1CC1)c1cc(C(=O)Nc2ccc(S(C)(=O)=O)cc2C)ncn1. The van der Waals surface area contributed by atoms with Gasteiger partial charge in [0, 0.05) is 31.1 Å². The van der Waals surface area contributed by atoms with Gasteiger partial charge in [-0.15, -0.1) is 0 Å². The minimum atomic E-state index is -3.29. The maximum Gasteiger partial charge on any atom is 0.274 e. The first-order chi connectivity index (χ1) is 13.3. The van der Waals surface area contributed by atoms with Crippen molar-refractivity contribution in [1.29, 1.82) is 0 Å². The van der Waals surface area contributed by atoms with E-state index in [4.69, 9.17) is 0 Å². The van der Waals surface area contributed by atoms with Crippen molar-refractivity contribution in [3.05, 3.63) is 41.9 Å². The summed E-state index contributed by atoms with van der Waals surface area (Å²) in [4.78, 5) is 23.6. The molecule has 8 heteroatoms. The number of carbonyl (C=O) groups excluding carboxylic acids is 1. The van der Waals surface area contributed by atoms with Crippen LogP contribution in [0.1, 0.15) is 42.2 Å². The monoisotopic (exact) mass is 402 g/mol. The second kappa shape index (κ2) is 8.26. The van der Waals surface area contributed by atoms with E-state index in [-0.39, 0.29) is 16.5 Å². The van der Waals surface area contributed by atoms with Crippen LogP contribution in [0, 0.1) is 12.8 Å². The van der Waals surface area contributed by atoms with E-state index in [2.05, 4.69) is 27.1 Å². The molecule has 0 radical (unpaired) electrons. The van der Waals surface area contributed by atoms with Crippen molar-refractivity contribution in [3.8, 4) is 0 Å². The molecule has 1 saturated carbocycles. The lowest BCUT2D eigenvalue weighted by Gasteiger charge is -2.23. The van der Waals surface area contributed by atoms with Crippen LogP contribution in [0.4, 0.5) is 11.5 Å². The van der Waals surface area contributed by atoms with Crippen LogP contribution in [-0.2, 0) is 9.84 Å². The van der Waals surface area contributed by atoms with Gasteiger partial charge in [-0.2, -0.15) is 0 Å². The van der Waals surface area contributed by atoms with Gasteiger partial charge >= 0.3 is 0 Å². The van der Waals surface area contributed by atoms with Gasteiger partial charge in [-0.1, -0.05) is 6.92 Å². The number of anilines is 2. The summed E-state index contributed by atoms with van der Waals surface area (Å²) in [7, 11) is -3.29. The summed E-state index contributed by atoms with van der Waals surface area (Å²) in [5, 5.41) is 2.81. The number of rotatable bonds is 8. The molecule has 7 nitrogen and oxygen atoms in total. The third-order valence-corrected chi connectivity index (χ3v) is 5.86. The summed E-state index contributed by atoms with van der Waals surface area (Å²) >= 11 is 0. The molecule has 28 heavy (non-hydrogen) atoms. The van der Waals surface area contributed by atoms with Crippen LogP contribution in [0.2, 0.25) is 0 Å². The summed E-state index contributed by atoms with van der Waals surface area (Å²) in [5.74, 6) is 1.13. The summed E-state index contributed by atoms with van der Waals surface area (Å²) in [6, 6.07) is 6.35. The number of aromatic nitrogens is 2. The second-order valence-electron chi connectivity index (χ2n) is 7.35. The number of sulfone groups is 1. The number of amides is 1.